The fourth-order valence-corrected chi connectivity index (χ4v) is 3.92. The maximum atomic E-state index is 8.80. The Labute approximate surface area is 123 Å². The molecule has 1 heterocycles. The van der Waals surface area contributed by atoms with E-state index in [0.29, 0.717) is 23.8 Å². The first-order chi connectivity index (χ1) is 10.3. The van der Waals surface area contributed by atoms with Crippen LogP contribution in [0.2, 0.25) is 0 Å². The predicted molar refractivity (Wildman–Crippen MR) is 76.5 cm³/mol. The lowest BCUT2D eigenvalue weighted by Gasteiger charge is -2.17. The summed E-state index contributed by atoms with van der Waals surface area (Å²) in [4.78, 5) is 4.61. The van der Waals surface area contributed by atoms with Gasteiger partial charge in [-0.1, -0.05) is 23.7 Å². The largest absolute Gasteiger partial charge is 0.339 e. The highest BCUT2D eigenvalue weighted by atomic mass is 16.5. The maximum absolute atomic E-state index is 8.80. The van der Waals surface area contributed by atoms with Crippen molar-refractivity contribution in [2.45, 2.75) is 38.0 Å². The van der Waals surface area contributed by atoms with Gasteiger partial charge in [0.1, 0.15) is 0 Å². The molecule has 0 radical (unpaired) electrons. The Morgan fingerprint density at radius 2 is 2.05 bits per heavy atom. The van der Waals surface area contributed by atoms with Gasteiger partial charge < -0.3 is 4.52 Å². The first-order valence-corrected chi connectivity index (χ1v) is 7.63. The van der Waals surface area contributed by atoms with E-state index in [0.717, 1.165) is 23.2 Å². The van der Waals surface area contributed by atoms with Crippen molar-refractivity contribution in [1.29, 1.82) is 5.26 Å². The van der Waals surface area contributed by atoms with Crippen molar-refractivity contribution in [2.75, 3.05) is 0 Å². The minimum atomic E-state index is 0.516. The summed E-state index contributed by atoms with van der Waals surface area (Å²) in [6.07, 6.45) is 5.94. The molecule has 3 unspecified atom stereocenters. The van der Waals surface area contributed by atoms with Crippen molar-refractivity contribution in [2.24, 2.45) is 11.8 Å². The summed E-state index contributed by atoms with van der Waals surface area (Å²) in [6.45, 7) is 0. The number of hydrogen-bond acceptors (Lipinski definition) is 4. The van der Waals surface area contributed by atoms with Crippen LogP contribution in [-0.4, -0.2) is 10.1 Å². The second-order valence-corrected chi connectivity index (χ2v) is 6.31. The summed E-state index contributed by atoms with van der Waals surface area (Å²) in [5, 5.41) is 13.0. The number of fused-ring (bicyclic) bond motifs is 2. The topological polar surface area (TPSA) is 62.7 Å². The van der Waals surface area contributed by atoms with Crippen molar-refractivity contribution >= 4 is 0 Å². The molecule has 2 fully saturated rings. The summed E-state index contributed by atoms with van der Waals surface area (Å²) >= 11 is 0. The molecule has 0 saturated heterocycles. The third kappa shape index (κ3) is 2.33. The summed E-state index contributed by atoms with van der Waals surface area (Å²) in [7, 11) is 0. The van der Waals surface area contributed by atoms with Crippen molar-refractivity contribution in [3.8, 4) is 6.07 Å². The van der Waals surface area contributed by atoms with Gasteiger partial charge in [-0.15, -0.1) is 0 Å². The number of aromatic nitrogens is 2. The molecule has 4 nitrogen and oxygen atoms in total. The molecule has 106 valence electrons. The normalized spacial score (nSPS) is 26.9. The molecule has 0 N–H and O–H groups in total. The molecule has 0 spiro atoms. The molecule has 0 aliphatic heterocycles. The number of nitrogens with zero attached hydrogens (tertiary/aromatic N) is 3. The van der Waals surface area contributed by atoms with Gasteiger partial charge in [0.2, 0.25) is 5.89 Å². The maximum Gasteiger partial charge on any atom is 0.231 e. The average molecular weight is 279 g/mol. The third-order valence-corrected chi connectivity index (χ3v) is 4.99. The number of nitriles is 1. The van der Waals surface area contributed by atoms with E-state index in [2.05, 4.69) is 16.2 Å². The van der Waals surface area contributed by atoms with Crippen LogP contribution < -0.4 is 0 Å². The van der Waals surface area contributed by atoms with Gasteiger partial charge in [0.15, 0.2) is 5.82 Å². The monoisotopic (exact) mass is 279 g/mol. The van der Waals surface area contributed by atoms with E-state index < -0.39 is 0 Å². The lowest BCUT2D eigenvalue weighted by atomic mass is 9.88. The van der Waals surface area contributed by atoms with Gasteiger partial charge in [0.25, 0.3) is 0 Å². The van der Waals surface area contributed by atoms with Crippen LogP contribution in [0.25, 0.3) is 0 Å². The van der Waals surface area contributed by atoms with Crippen LogP contribution in [0.4, 0.5) is 0 Å². The molecular formula is C17H17N3O. The molecule has 2 saturated carbocycles. The number of hydrogen-bond donors (Lipinski definition) is 0. The van der Waals surface area contributed by atoms with E-state index in [-0.39, 0.29) is 0 Å². The molecule has 4 rings (SSSR count). The van der Waals surface area contributed by atoms with Gasteiger partial charge in [0.05, 0.1) is 18.1 Å². The Bertz CT molecular complexity index is 683. The van der Waals surface area contributed by atoms with Crippen LogP contribution in [0, 0.1) is 23.2 Å². The average Bonchev–Trinajstić information content (AvgIpc) is 3.24. The lowest BCUT2D eigenvalue weighted by molar-refractivity contribution is 0.355. The number of benzene rings is 1. The highest BCUT2D eigenvalue weighted by Gasteiger charge is 2.42. The zero-order valence-electron chi connectivity index (χ0n) is 11.8. The molecule has 2 aliphatic rings. The standard InChI is InChI=1S/C17H17N3O/c18-10-12-3-1-11(2-4-12)9-16-19-17(20-21-16)15-8-13-5-6-14(15)7-13/h1-4,13-15H,5-9H2. The van der Waals surface area contributed by atoms with Gasteiger partial charge in [-0.05, 0) is 48.8 Å². The van der Waals surface area contributed by atoms with Crippen molar-refractivity contribution in [3.05, 3.63) is 47.1 Å². The molecule has 2 aliphatic carbocycles. The van der Waals surface area contributed by atoms with E-state index in [4.69, 9.17) is 9.78 Å². The SMILES string of the molecule is N#Cc1ccc(Cc2nc(C3CC4CCC3C4)no2)cc1. The van der Waals surface area contributed by atoms with Gasteiger partial charge >= 0.3 is 0 Å². The van der Waals surface area contributed by atoms with Crippen LogP contribution in [0.1, 0.15) is 54.4 Å². The zero-order valence-corrected chi connectivity index (χ0v) is 11.8. The van der Waals surface area contributed by atoms with Crippen molar-refractivity contribution in [1.82, 2.24) is 10.1 Å². The van der Waals surface area contributed by atoms with Gasteiger partial charge in [-0.3, -0.25) is 0 Å². The van der Waals surface area contributed by atoms with Crippen molar-refractivity contribution < 1.29 is 4.52 Å². The molecule has 1 aromatic heterocycles. The Morgan fingerprint density at radius 3 is 2.71 bits per heavy atom. The van der Waals surface area contributed by atoms with Crippen LogP contribution >= 0.6 is 0 Å². The van der Waals surface area contributed by atoms with Crippen LogP contribution in [0.15, 0.2) is 28.8 Å². The Balaban J connectivity index is 1.48. The second kappa shape index (κ2) is 5.00. The highest BCUT2D eigenvalue weighted by Crippen LogP contribution is 2.52. The van der Waals surface area contributed by atoms with E-state index in [1.54, 1.807) is 0 Å². The summed E-state index contributed by atoms with van der Waals surface area (Å²) in [5.41, 5.74) is 1.77. The first kappa shape index (κ1) is 12.6. The van der Waals surface area contributed by atoms with E-state index in [1.807, 2.05) is 24.3 Å². The second-order valence-electron chi connectivity index (χ2n) is 6.31. The molecule has 0 amide bonds. The van der Waals surface area contributed by atoms with E-state index in [1.165, 1.54) is 25.7 Å². The van der Waals surface area contributed by atoms with Gasteiger partial charge in [0, 0.05) is 5.92 Å². The molecule has 2 bridgehead atoms. The zero-order chi connectivity index (χ0) is 14.2. The van der Waals surface area contributed by atoms with Crippen LogP contribution in [0.3, 0.4) is 0 Å². The Kier molecular flexibility index (Phi) is 2.99. The minimum absolute atomic E-state index is 0.516. The Hall–Kier alpha value is -2.15. The number of rotatable bonds is 3. The van der Waals surface area contributed by atoms with Crippen LogP contribution in [0.5, 0.6) is 0 Å². The fraction of sp³-hybridized carbons (Fsp3) is 0.471. The van der Waals surface area contributed by atoms with E-state index >= 15 is 0 Å². The summed E-state index contributed by atoms with van der Waals surface area (Å²) in [6, 6.07) is 9.66. The Morgan fingerprint density at radius 1 is 1.19 bits per heavy atom. The van der Waals surface area contributed by atoms with Crippen molar-refractivity contribution in [3.63, 3.8) is 0 Å². The smallest absolute Gasteiger partial charge is 0.231 e. The molecular weight excluding hydrogens is 262 g/mol. The van der Waals surface area contributed by atoms with Crippen LogP contribution in [-0.2, 0) is 6.42 Å². The lowest BCUT2D eigenvalue weighted by Crippen LogP contribution is -2.10. The van der Waals surface area contributed by atoms with Gasteiger partial charge in [-0.2, -0.15) is 10.2 Å². The first-order valence-electron chi connectivity index (χ1n) is 7.63. The molecule has 21 heavy (non-hydrogen) atoms. The molecule has 1 aromatic carbocycles. The highest BCUT2D eigenvalue weighted by molar-refractivity contribution is 5.32. The van der Waals surface area contributed by atoms with E-state index in [9.17, 15) is 0 Å². The molecule has 2 aromatic rings. The molecule has 4 heteroatoms. The van der Waals surface area contributed by atoms with Gasteiger partial charge in [-0.25, -0.2) is 0 Å². The predicted octanol–water partition coefficient (Wildman–Crippen LogP) is 3.44. The summed E-state index contributed by atoms with van der Waals surface area (Å²) < 4.78 is 5.42. The third-order valence-electron chi connectivity index (χ3n) is 4.99. The fourth-order valence-electron chi connectivity index (χ4n) is 3.92. The quantitative estimate of drug-likeness (QED) is 0.863. The molecule has 3 atom stereocenters. The summed E-state index contributed by atoms with van der Waals surface area (Å²) in [5.74, 6) is 3.77. The minimum Gasteiger partial charge on any atom is -0.339 e.